The zero-order valence-electron chi connectivity index (χ0n) is 8.79. The molecule has 0 saturated carbocycles. The van der Waals surface area contributed by atoms with Gasteiger partial charge in [-0.3, -0.25) is 0 Å². The number of hydrogen-bond acceptors (Lipinski definition) is 1. The van der Waals surface area contributed by atoms with Crippen LogP contribution in [0.5, 0.6) is 0 Å². The summed E-state index contributed by atoms with van der Waals surface area (Å²) in [4.78, 5) is 0. The molecule has 0 aromatic rings. The minimum atomic E-state index is -0.842. The molecular weight excluding hydrogens is 199 g/mol. The Morgan fingerprint density at radius 3 is 1.86 bits per heavy atom. The Morgan fingerprint density at radius 1 is 1.07 bits per heavy atom. The van der Waals surface area contributed by atoms with Crippen LogP contribution in [0, 0.1) is 0 Å². The molecule has 2 rings (SSSR count). The maximum Gasteiger partial charge on any atom is 1.00 e. The quantitative estimate of drug-likeness (QED) is 0.572. The zero-order valence-corrected chi connectivity index (χ0v) is 11.8. The van der Waals surface area contributed by atoms with Crippen LogP contribution < -0.4 is 29.6 Å². The van der Waals surface area contributed by atoms with Crippen LogP contribution in [0.2, 0.25) is 0 Å². The summed E-state index contributed by atoms with van der Waals surface area (Å²) in [5.41, 5.74) is 0. The van der Waals surface area contributed by atoms with E-state index < -0.39 is 9.04 Å². The van der Waals surface area contributed by atoms with E-state index in [9.17, 15) is 0 Å². The van der Waals surface area contributed by atoms with Crippen LogP contribution in [-0.2, 0) is 4.43 Å². The molecule has 0 aliphatic heterocycles. The third kappa shape index (κ3) is 2.58. The summed E-state index contributed by atoms with van der Waals surface area (Å²) >= 11 is 0. The number of allylic oxidation sites excluding steroid dienone is 8. The molecule has 1 nitrogen and oxygen atoms in total. The normalized spacial score (nSPS) is 18.4. The average Bonchev–Trinajstić information content (AvgIpc) is 2.76. The second-order valence-corrected chi connectivity index (χ2v) is 5.53. The maximum atomic E-state index is 5.60. The second kappa shape index (κ2) is 5.88. The van der Waals surface area contributed by atoms with Gasteiger partial charge in [0.25, 0.3) is 9.04 Å². The molecule has 67 valence electrons. The molecule has 0 aromatic heterocycles. The summed E-state index contributed by atoms with van der Waals surface area (Å²) in [6, 6.07) is 0. The molecule has 14 heavy (non-hydrogen) atoms. The fraction of sp³-hybridized carbons (Fsp3) is 0.273. The first-order valence-electron chi connectivity index (χ1n) is 4.55. The van der Waals surface area contributed by atoms with E-state index in [1.54, 1.807) is 0 Å². The molecule has 0 bridgehead atoms. The molecular formula is C11H13NaOSi+. The van der Waals surface area contributed by atoms with E-state index in [1.165, 1.54) is 10.4 Å². The van der Waals surface area contributed by atoms with Gasteiger partial charge in [0.2, 0.25) is 0 Å². The van der Waals surface area contributed by atoms with Gasteiger partial charge in [0.1, 0.15) is 0 Å². The molecule has 0 heterocycles. The minimum Gasteiger partial charge on any atom is -0.411 e. The molecule has 1 radical (unpaired) electrons. The molecule has 0 aromatic carbocycles. The summed E-state index contributed by atoms with van der Waals surface area (Å²) < 4.78 is 5.60. The molecule has 0 saturated heterocycles. The molecule has 0 atom stereocenters. The molecule has 3 heteroatoms. The third-order valence-corrected chi connectivity index (χ3v) is 4.65. The van der Waals surface area contributed by atoms with Crippen molar-refractivity contribution in [1.29, 1.82) is 0 Å². The van der Waals surface area contributed by atoms with E-state index in [2.05, 4.69) is 36.5 Å². The largest absolute Gasteiger partial charge is 1.00 e. The average molecular weight is 212 g/mol. The van der Waals surface area contributed by atoms with Crippen molar-refractivity contribution in [3.63, 3.8) is 0 Å². The molecule has 0 spiro atoms. The van der Waals surface area contributed by atoms with Gasteiger partial charge < -0.3 is 4.43 Å². The van der Waals surface area contributed by atoms with Gasteiger partial charge in [0, 0.05) is 7.11 Å². The predicted octanol–water partition coefficient (Wildman–Crippen LogP) is -0.521. The van der Waals surface area contributed by atoms with Crippen LogP contribution in [0.4, 0.5) is 0 Å². The van der Waals surface area contributed by atoms with Gasteiger partial charge >= 0.3 is 29.6 Å². The first-order chi connectivity index (χ1) is 6.42. The van der Waals surface area contributed by atoms with E-state index in [4.69, 9.17) is 4.43 Å². The zero-order chi connectivity index (χ0) is 9.10. The summed E-state index contributed by atoms with van der Waals surface area (Å²) in [5.74, 6) is 0. The van der Waals surface area contributed by atoms with Gasteiger partial charge in [-0.15, -0.1) is 0 Å². The van der Waals surface area contributed by atoms with Gasteiger partial charge in [-0.2, -0.15) is 0 Å². The Balaban J connectivity index is 0.000000980. The van der Waals surface area contributed by atoms with Crippen molar-refractivity contribution in [1.82, 2.24) is 0 Å². The molecule has 0 fully saturated rings. The first-order valence-corrected chi connectivity index (χ1v) is 5.95. The smallest absolute Gasteiger partial charge is 0.411 e. The fourth-order valence-electron chi connectivity index (χ4n) is 1.70. The van der Waals surface area contributed by atoms with Crippen molar-refractivity contribution in [2.75, 3.05) is 7.11 Å². The summed E-state index contributed by atoms with van der Waals surface area (Å²) in [6.45, 7) is 0. The molecule has 2 aliphatic carbocycles. The number of rotatable bonds is 3. The maximum absolute atomic E-state index is 5.60. The standard InChI is InChI=1S/C11H13OSi.Na/c1-12-13(10-6-2-3-7-10)11-8-4-5-9-11;/h2-6,8H,7,9H2,1H3;/q;+1. The Bertz CT molecular complexity index is 285. The predicted molar refractivity (Wildman–Crippen MR) is 56.4 cm³/mol. The summed E-state index contributed by atoms with van der Waals surface area (Å²) in [7, 11) is 0.984. The number of hydrogen-bond donors (Lipinski definition) is 0. The van der Waals surface area contributed by atoms with Crippen LogP contribution in [0.1, 0.15) is 12.8 Å². The first kappa shape index (κ1) is 12.2. The van der Waals surface area contributed by atoms with Crippen molar-refractivity contribution >= 4 is 9.04 Å². The molecule has 2 aliphatic rings. The fourth-order valence-corrected chi connectivity index (χ4v) is 3.74. The van der Waals surface area contributed by atoms with Gasteiger partial charge in [-0.1, -0.05) is 36.5 Å². The minimum absolute atomic E-state index is 0. The van der Waals surface area contributed by atoms with E-state index in [0.29, 0.717) is 0 Å². The van der Waals surface area contributed by atoms with Crippen LogP contribution in [0.3, 0.4) is 0 Å². The Hall–Kier alpha value is 0.137. The van der Waals surface area contributed by atoms with Crippen molar-refractivity contribution in [2.45, 2.75) is 12.8 Å². The Morgan fingerprint density at radius 2 is 1.57 bits per heavy atom. The third-order valence-electron chi connectivity index (χ3n) is 2.33. The van der Waals surface area contributed by atoms with Crippen molar-refractivity contribution in [3.8, 4) is 0 Å². The van der Waals surface area contributed by atoms with E-state index in [0.717, 1.165) is 12.8 Å². The SMILES string of the molecule is CO[Si](C1=CC=CC1)C1=CC=CC1.[Na+]. The van der Waals surface area contributed by atoms with E-state index in [1.807, 2.05) is 7.11 Å². The van der Waals surface area contributed by atoms with E-state index in [-0.39, 0.29) is 29.6 Å². The van der Waals surface area contributed by atoms with Gasteiger partial charge in [-0.05, 0) is 23.2 Å². The Kier molecular flexibility index (Phi) is 5.13. The topological polar surface area (TPSA) is 9.23 Å². The van der Waals surface area contributed by atoms with Crippen molar-refractivity contribution in [2.24, 2.45) is 0 Å². The monoisotopic (exact) mass is 212 g/mol. The van der Waals surface area contributed by atoms with Gasteiger partial charge in [0.05, 0.1) is 0 Å². The van der Waals surface area contributed by atoms with Crippen LogP contribution in [-0.4, -0.2) is 16.2 Å². The van der Waals surface area contributed by atoms with Crippen molar-refractivity contribution < 1.29 is 34.0 Å². The van der Waals surface area contributed by atoms with Crippen LogP contribution in [0.25, 0.3) is 0 Å². The van der Waals surface area contributed by atoms with Crippen LogP contribution in [0.15, 0.2) is 46.8 Å². The molecule has 0 unspecified atom stereocenters. The van der Waals surface area contributed by atoms with Crippen LogP contribution >= 0.6 is 0 Å². The summed E-state index contributed by atoms with van der Waals surface area (Å²) in [5, 5.41) is 2.95. The Labute approximate surface area is 109 Å². The van der Waals surface area contributed by atoms with Crippen molar-refractivity contribution in [3.05, 3.63) is 46.8 Å². The summed E-state index contributed by atoms with van der Waals surface area (Å²) in [6.07, 6.45) is 15.2. The molecule has 0 amide bonds. The van der Waals surface area contributed by atoms with Gasteiger partial charge in [0.15, 0.2) is 0 Å². The van der Waals surface area contributed by atoms with E-state index >= 15 is 0 Å². The molecule has 0 N–H and O–H groups in total. The second-order valence-electron chi connectivity index (χ2n) is 3.18. The van der Waals surface area contributed by atoms with Gasteiger partial charge in [-0.25, -0.2) is 0 Å².